The summed E-state index contributed by atoms with van der Waals surface area (Å²) in [6.45, 7) is 1.58. The second-order valence-electron chi connectivity index (χ2n) is 8.00. The highest BCUT2D eigenvalue weighted by molar-refractivity contribution is 14.1. The van der Waals surface area contributed by atoms with Crippen LogP contribution in [0.25, 0.3) is 6.08 Å². The first-order chi connectivity index (χ1) is 17.7. The molecule has 0 aliphatic carbocycles. The number of carbonyl (C=O) groups excluding carboxylic acids is 4. The van der Waals surface area contributed by atoms with E-state index in [9.17, 15) is 19.2 Å². The van der Waals surface area contributed by atoms with Gasteiger partial charge in [-0.15, -0.1) is 0 Å². The predicted octanol–water partition coefficient (Wildman–Crippen LogP) is 4.50. The maximum absolute atomic E-state index is 13.1. The Morgan fingerprint density at radius 1 is 1.03 bits per heavy atom. The average molecular weight is 611 g/mol. The van der Waals surface area contributed by atoms with Gasteiger partial charge in [0.1, 0.15) is 23.7 Å². The molecule has 1 heterocycles. The smallest absolute Gasteiger partial charge is 0.335 e. The van der Waals surface area contributed by atoms with Crippen molar-refractivity contribution in [2.24, 2.45) is 0 Å². The quantitative estimate of drug-likeness (QED) is 0.231. The fourth-order valence-corrected chi connectivity index (χ4v) is 4.01. The zero-order valence-electron chi connectivity index (χ0n) is 19.9. The van der Waals surface area contributed by atoms with E-state index in [-0.39, 0.29) is 18.1 Å². The lowest BCUT2D eigenvalue weighted by Crippen LogP contribution is -2.54. The zero-order chi connectivity index (χ0) is 26.5. The van der Waals surface area contributed by atoms with Crippen molar-refractivity contribution in [2.45, 2.75) is 13.5 Å². The topological polar surface area (TPSA) is 114 Å². The van der Waals surface area contributed by atoms with Crippen molar-refractivity contribution in [3.8, 4) is 11.5 Å². The summed E-state index contributed by atoms with van der Waals surface area (Å²) in [4.78, 5) is 50.2. The highest BCUT2D eigenvalue weighted by Gasteiger charge is 2.36. The molecular weight excluding hydrogens is 589 g/mol. The fraction of sp³-hybridized carbons (Fsp3) is 0.111. The monoisotopic (exact) mass is 611 g/mol. The van der Waals surface area contributed by atoms with Crippen LogP contribution < -0.4 is 25.0 Å². The number of halogens is 1. The van der Waals surface area contributed by atoms with Crippen LogP contribution in [0.2, 0.25) is 0 Å². The Morgan fingerprint density at radius 3 is 2.38 bits per heavy atom. The molecule has 0 spiro atoms. The van der Waals surface area contributed by atoms with Crippen LogP contribution in [-0.2, 0) is 21.0 Å². The van der Waals surface area contributed by atoms with Gasteiger partial charge in [-0.3, -0.25) is 19.7 Å². The van der Waals surface area contributed by atoms with Gasteiger partial charge in [0.2, 0.25) is 5.91 Å². The van der Waals surface area contributed by atoms with Crippen molar-refractivity contribution in [3.05, 3.63) is 87.0 Å². The lowest BCUT2D eigenvalue weighted by Gasteiger charge is -2.26. The lowest BCUT2D eigenvalue weighted by molar-refractivity contribution is -0.122. The largest absolute Gasteiger partial charge is 0.496 e. The van der Waals surface area contributed by atoms with Crippen LogP contribution in [-0.4, -0.2) is 30.9 Å². The molecule has 0 bridgehead atoms. The number of carbonyl (C=O) groups is 4. The average Bonchev–Trinajstić information content (AvgIpc) is 2.87. The van der Waals surface area contributed by atoms with Crippen molar-refractivity contribution >= 4 is 63.8 Å². The van der Waals surface area contributed by atoms with Gasteiger partial charge in [-0.2, -0.15) is 0 Å². The Hall–Kier alpha value is -4.19. The summed E-state index contributed by atoms with van der Waals surface area (Å²) >= 11 is 2.12. The minimum absolute atomic E-state index is 0.146. The van der Waals surface area contributed by atoms with Crippen molar-refractivity contribution in [1.29, 1.82) is 0 Å². The van der Waals surface area contributed by atoms with Crippen molar-refractivity contribution in [3.63, 3.8) is 0 Å². The Morgan fingerprint density at radius 2 is 1.73 bits per heavy atom. The number of urea groups is 1. The van der Waals surface area contributed by atoms with Crippen LogP contribution in [0.1, 0.15) is 18.1 Å². The van der Waals surface area contributed by atoms with E-state index in [0.29, 0.717) is 34.0 Å². The second-order valence-corrected chi connectivity index (χ2v) is 9.25. The van der Waals surface area contributed by atoms with Gasteiger partial charge in [0, 0.05) is 21.7 Å². The molecule has 0 radical (unpaired) electrons. The molecule has 1 aliphatic rings. The van der Waals surface area contributed by atoms with Gasteiger partial charge in [-0.1, -0.05) is 6.07 Å². The molecule has 9 nitrogen and oxygen atoms in total. The van der Waals surface area contributed by atoms with Crippen LogP contribution >= 0.6 is 22.6 Å². The SMILES string of the molecule is COc1ccc(C=C2C(=O)NC(=O)N(c3ccc(I)cc3)C2=O)cc1COc1ccc(NC(C)=O)cc1. The van der Waals surface area contributed by atoms with Crippen LogP contribution in [0.4, 0.5) is 16.2 Å². The first kappa shape index (κ1) is 25.9. The van der Waals surface area contributed by atoms with E-state index >= 15 is 0 Å². The van der Waals surface area contributed by atoms with Gasteiger partial charge in [0.25, 0.3) is 11.8 Å². The van der Waals surface area contributed by atoms with E-state index in [1.807, 2.05) is 0 Å². The number of imide groups is 2. The van der Waals surface area contributed by atoms with Gasteiger partial charge >= 0.3 is 6.03 Å². The molecule has 188 valence electrons. The van der Waals surface area contributed by atoms with Crippen molar-refractivity contribution < 1.29 is 28.7 Å². The number of hydrogen-bond acceptors (Lipinski definition) is 6. The number of benzene rings is 3. The third kappa shape index (κ3) is 6.15. The molecule has 10 heteroatoms. The molecule has 4 rings (SSSR count). The molecule has 3 aromatic rings. The molecule has 0 saturated carbocycles. The second kappa shape index (κ2) is 11.2. The van der Waals surface area contributed by atoms with E-state index in [1.54, 1.807) is 66.7 Å². The number of nitrogens with zero attached hydrogens (tertiary/aromatic N) is 1. The van der Waals surface area contributed by atoms with E-state index < -0.39 is 17.8 Å². The summed E-state index contributed by atoms with van der Waals surface area (Å²) in [5, 5.41) is 4.91. The maximum Gasteiger partial charge on any atom is 0.335 e. The van der Waals surface area contributed by atoms with Crippen molar-refractivity contribution in [1.82, 2.24) is 5.32 Å². The summed E-state index contributed by atoms with van der Waals surface area (Å²) in [6.07, 6.45) is 1.43. The minimum atomic E-state index is -0.804. The fourth-order valence-electron chi connectivity index (χ4n) is 3.65. The summed E-state index contributed by atoms with van der Waals surface area (Å²) in [5.41, 5.74) is 2.06. The Labute approximate surface area is 226 Å². The van der Waals surface area contributed by atoms with Crippen molar-refractivity contribution in [2.75, 3.05) is 17.3 Å². The molecule has 37 heavy (non-hydrogen) atoms. The molecule has 1 saturated heterocycles. The van der Waals surface area contributed by atoms with Crippen LogP contribution in [0, 0.1) is 3.57 Å². The number of hydrogen-bond donors (Lipinski definition) is 2. The Kier molecular flexibility index (Phi) is 7.87. The highest BCUT2D eigenvalue weighted by Crippen LogP contribution is 2.26. The number of rotatable bonds is 7. The van der Waals surface area contributed by atoms with E-state index in [1.165, 1.54) is 20.1 Å². The summed E-state index contributed by atoms with van der Waals surface area (Å²) < 4.78 is 12.2. The standard InChI is InChI=1S/C27H22IN3O6/c1-16(32)29-20-6-10-22(11-7-20)37-15-18-13-17(3-12-24(18)36-2)14-23-25(33)30-27(35)31(26(23)34)21-8-4-19(28)5-9-21/h3-14H,15H2,1-2H3,(H,29,32)(H,30,33,35). The summed E-state index contributed by atoms with van der Waals surface area (Å²) in [6, 6.07) is 18.0. The molecule has 0 atom stereocenters. The normalized spacial score (nSPS) is 14.4. The van der Waals surface area contributed by atoms with Gasteiger partial charge in [-0.25, -0.2) is 9.69 Å². The Balaban J connectivity index is 1.57. The Bertz CT molecular complexity index is 1400. The molecule has 1 fully saturated rings. The molecule has 3 aromatic carbocycles. The molecular formula is C27H22IN3O6. The predicted molar refractivity (Wildman–Crippen MR) is 146 cm³/mol. The van der Waals surface area contributed by atoms with Gasteiger partial charge < -0.3 is 14.8 Å². The minimum Gasteiger partial charge on any atom is -0.496 e. The summed E-state index contributed by atoms with van der Waals surface area (Å²) in [7, 11) is 1.53. The van der Waals surface area contributed by atoms with Crippen LogP contribution in [0.3, 0.4) is 0 Å². The maximum atomic E-state index is 13.1. The van der Waals surface area contributed by atoms with Gasteiger partial charge in [0.05, 0.1) is 12.8 Å². The van der Waals surface area contributed by atoms with E-state index in [4.69, 9.17) is 9.47 Å². The molecule has 5 amide bonds. The third-order valence-electron chi connectivity index (χ3n) is 5.37. The molecule has 2 N–H and O–H groups in total. The number of methoxy groups -OCH3 is 1. The number of amides is 5. The number of barbiturate groups is 1. The molecule has 0 aromatic heterocycles. The zero-order valence-corrected chi connectivity index (χ0v) is 22.1. The number of nitrogens with one attached hydrogen (secondary N) is 2. The molecule has 1 aliphatic heterocycles. The van der Waals surface area contributed by atoms with Crippen LogP contribution in [0.5, 0.6) is 11.5 Å². The van der Waals surface area contributed by atoms with E-state index in [0.717, 1.165) is 8.47 Å². The number of ether oxygens (including phenoxy) is 2. The third-order valence-corrected chi connectivity index (χ3v) is 6.09. The van der Waals surface area contributed by atoms with E-state index in [2.05, 4.69) is 33.2 Å². The number of anilines is 2. The summed E-state index contributed by atoms with van der Waals surface area (Å²) in [5.74, 6) is -0.520. The lowest BCUT2D eigenvalue weighted by atomic mass is 10.0. The molecule has 0 unspecified atom stereocenters. The highest BCUT2D eigenvalue weighted by atomic mass is 127. The first-order valence-corrected chi connectivity index (χ1v) is 12.2. The first-order valence-electron chi connectivity index (χ1n) is 11.1. The van der Waals surface area contributed by atoms with Gasteiger partial charge in [-0.05, 0) is 94.9 Å². The van der Waals surface area contributed by atoms with Gasteiger partial charge in [0.15, 0.2) is 0 Å². The van der Waals surface area contributed by atoms with Crippen LogP contribution in [0.15, 0.2) is 72.3 Å².